The molecule has 0 amide bonds. The van der Waals surface area contributed by atoms with Gasteiger partial charge in [-0.25, -0.2) is 0 Å². The van der Waals surface area contributed by atoms with Gasteiger partial charge in [-0.2, -0.15) is 13.2 Å². The van der Waals surface area contributed by atoms with Crippen molar-refractivity contribution in [2.24, 2.45) is 0 Å². The fraction of sp³-hybridized carbons (Fsp3) is 0.500. The van der Waals surface area contributed by atoms with Gasteiger partial charge in [0.15, 0.2) is 6.10 Å². The Kier molecular flexibility index (Phi) is 5.32. The minimum absolute atomic E-state index is 0.125. The van der Waals surface area contributed by atoms with Crippen molar-refractivity contribution < 1.29 is 22.8 Å². The van der Waals surface area contributed by atoms with Crippen LogP contribution in [0.4, 0.5) is 24.5 Å². The standard InChI is InChI=1S/C12H15F3N2O3/c1-3-16-10-6-9(4-5-11(10)17(18)19)7-20-8(2)12(13,14)15/h4-6,8,16H,3,7H2,1-2H3. The van der Waals surface area contributed by atoms with Crippen molar-refractivity contribution >= 4 is 11.4 Å². The molecule has 1 rings (SSSR count). The first-order valence-electron chi connectivity index (χ1n) is 5.95. The molecule has 1 unspecified atom stereocenters. The average Bonchev–Trinajstić information content (AvgIpc) is 2.35. The number of benzene rings is 1. The van der Waals surface area contributed by atoms with E-state index < -0.39 is 17.2 Å². The molecule has 0 saturated heterocycles. The van der Waals surface area contributed by atoms with Crippen LogP contribution in [0.5, 0.6) is 0 Å². The summed E-state index contributed by atoms with van der Waals surface area (Å²) < 4.78 is 41.6. The maximum absolute atomic E-state index is 12.3. The second-order valence-electron chi connectivity index (χ2n) is 4.13. The van der Waals surface area contributed by atoms with Crippen LogP contribution in [-0.2, 0) is 11.3 Å². The van der Waals surface area contributed by atoms with E-state index in [9.17, 15) is 23.3 Å². The molecular formula is C12H15F3N2O3. The Morgan fingerprint density at radius 1 is 1.45 bits per heavy atom. The van der Waals surface area contributed by atoms with E-state index in [1.54, 1.807) is 6.92 Å². The largest absolute Gasteiger partial charge is 0.414 e. The van der Waals surface area contributed by atoms with Crippen LogP contribution in [-0.4, -0.2) is 23.7 Å². The number of anilines is 1. The smallest absolute Gasteiger partial charge is 0.380 e. The van der Waals surface area contributed by atoms with Gasteiger partial charge in [0.2, 0.25) is 0 Å². The van der Waals surface area contributed by atoms with Crippen molar-refractivity contribution in [2.45, 2.75) is 32.7 Å². The molecule has 1 atom stereocenters. The van der Waals surface area contributed by atoms with Crippen LogP contribution < -0.4 is 5.32 Å². The van der Waals surface area contributed by atoms with Crippen molar-refractivity contribution in [3.05, 3.63) is 33.9 Å². The van der Waals surface area contributed by atoms with Crippen LogP contribution in [0.25, 0.3) is 0 Å². The molecule has 0 heterocycles. The van der Waals surface area contributed by atoms with Gasteiger partial charge in [0.05, 0.1) is 11.5 Å². The van der Waals surface area contributed by atoms with Crippen LogP contribution >= 0.6 is 0 Å². The first-order chi connectivity index (χ1) is 9.25. The predicted molar refractivity (Wildman–Crippen MR) is 67.6 cm³/mol. The number of hydrogen-bond donors (Lipinski definition) is 1. The quantitative estimate of drug-likeness (QED) is 0.644. The Bertz CT molecular complexity index is 478. The summed E-state index contributed by atoms with van der Waals surface area (Å²) in [6.07, 6.45) is -6.31. The maximum Gasteiger partial charge on any atom is 0.414 e. The van der Waals surface area contributed by atoms with E-state index in [2.05, 4.69) is 5.32 Å². The second-order valence-corrected chi connectivity index (χ2v) is 4.13. The van der Waals surface area contributed by atoms with Crippen LogP contribution in [0.15, 0.2) is 18.2 Å². The summed E-state index contributed by atoms with van der Waals surface area (Å²) in [7, 11) is 0. The predicted octanol–water partition coefficient (Wildman–Crippen LogP) is 3.49. The second kappa shape index (κ2) is 6.56. The Morgan fingerprint density at radius 3 is 2.60 bits per heavy atom. The number of halogens is 3. The topological polar surface area (TPSA) is 64.4 Å². The fourth-order valence-electron chi connectivity index (χ4n) is 1.48. The zero-order valence-corrected chi connectivity index (χ0v) is 11.0. The van der Waals surface area contributed by atoms with E-state index >= 15 is 0 Å². The molecule has 0 radical (unpaired) electrons. The van der Waals surface area contributed by atoms with E-state index in [1.807, 2.05) is 0 Å². The van der Waals surface area contributed by atoms with E-state index in [4.69, 9.17) is 4.74 Å². The lowest BCUT2D eigenvalue weighted by atomic mass is 10.2. The number of nitro groups is 1. The molecule has 0 aliphatic carbocycles. The fourth-order valence-corrected chi connectivity index (χ4v) is 1.48. The lowest BCUT2D eigenvalue weighted by Gasteiger charge is -2.16. The molecule has 0 aliphatic rings. The maximum atomic E-state index is 12.3. The van der Waals surface area contributed by atoms with Gasteiger partial charge in [0.25, 0.3) is 5.69 Å². The summed E-state index contributed by atoms with van der Waals surface area (Å²) in [5.74, 6) is 0. The zero-order valence-electron chi connectivity index (χ0n) is 11.0. The Hall–Kier alpha value is -1.83. The normalized spacial score (nSPS) is 13.1. The van der Waals surface area contributed by atoms with Gasteiger partial charge in [-0.3, -0.25) is 10.1 Å². The van der Waals surface area contributed by atoms with Crippen molar-refractivity contribution in [1.29, 1.82) is 0 Å². The number of nitrogens with zero attached hydrogens (tertiary/aromatic N) is 1. The molecule has 5 nitrogen and oxygen atoms in total. The van der Waals surface area contributed by atoms with Gasteiger partial charge in [0.1, 0.15) is 5.69 Å². The first kappa shape index (κ1) is 16.2. The van der Waals surface area contributed by atoms with Gasteiger partial charge in [-0.15, -0.1) is 0 Å². The Labute approximate surface area is 113 Å². The summed E-state index contributed by atoms with van der Waals surface area (Å²) in [5, 5.41) is 13.6. The molecule has 0 saturated carbocycles. The number of nitro benzene ring substituents is 1. The number of rotatable bonds is 6. The molecule has 0 aromatic heterocycles. The summed E-state index contributed by atoms with van der Waals surface area (Å²) in [6.45, 7) is 2.87. The highest BCUT2D eigenvalue weighted by atomic mass is 19.4. The van der Waals surface area contributed by atoms with Crippen LogP contribution in [0.2, 0.25) is 0 Å². The highest BCUT2D eigenvalue weighted by Crippen LogP contribution is 2.27. The monoisotopic (exact) mass is 292 g/mol. The molecule has 0 aliphatic heterocycles. The minimum atomic E-state index is -4.43. The van der Waals surface area contributed by atoms with E-state index in [-0.39, 0.29) is 18.0 Å². The molecular weight excluding hydrogens is 277 g/mol. The van der Waals surface area contributed by atoms with Crippen molar-refractivity contribution in [1.82, 2.24) is 0 Å². The average molecular weight is 292 g/mol. The van der Waals surface area contributed by atoms with Crippen LogP contribution in [0, 0.1) is 10.1 Å². The van der Waals surface area contributed by atoms with Gasteiger partial charge < -0.3 is 10.1 Å². The van der Waals surface area contributed by atoms with E-state index in [0.717, 1.165) is 6.92 Å². The van der Waals surface area contributed by atoms with Gasteiger partial charge in [-0.1, -0.05) is 0 Å². The van der Waals surface area contributed by atoms with Gasteiger partial charge in [-0.05, 0) is 31.5 Å². The molecule has 0 bridgehead atoms. The van der Waals surface area contributed by atoms with E-state index in [0.29, 0.717) is 12.1 Å². The lowest BCUT2D eigenvalue weighted by Crippen LogP contribution is -2.28. The van der Waals surface area contributed by atoms with E-state index in [1.165, 1.54) is 18.2 Å². The summed E-state index contributed by atoms with van der Waals surface area (Å²) >= 11 is 0. The lowest BCUT2D eigenvalue weighted by molar-refractivity contribution is -0.384. The molecule has 1 aromatic rings. The molecule has 1 N–H and O–H groups in total. The molecule has 0 spiro atoms. The van der Waals surface area contributed by atoms with Gasteiger partial charge in [0, 0.05) is 12.6 Å². The third kappa shape index (κ3) is 4.37. The molecule has 0 fully saturated rings. The number of ether oxygens (including phenoxy) is 1. The molecule has 8 heteroatoms. The highest BCUT2D eigenvalue weighted by molar-refractivity contribution is 5.62. The Balaban J connectivity index is 2.82. The first-order valence-corrected chi connectivity index (χ1v) is 5.95. The summed E-state index contributed by atoms with van der Waals surface area (Å²) in [6, 6.07) is 4.04. The van der Waals surface area contributed by atoms with Crippen molar-refractivity contribution in [2.75, 3.05) is 11.9 Å². The highest BCUT2D eigenvalue weighted by Gasteiger charge is 2.36. The minimum Gasteiger partial charge on any atom is -0.380 e. The molecule has 20 heavy (non-hydrogen) atoms. The zero-order chi connectivity index (χ0) is 15.3. The molecule has 112 valence electrons. The third-order valence-electron chi connectivity index (χ3n) is 2.59. The Morgan fingerprint density at radius 2 is 2.10 bits per heavy atom. The molecule has 1 aromatic carbocycles. The number of nitrogens with one attached hydrogen (secondary N) is 1. The number of alkyl halides is 3. The SMILES string of the molecule is CCNc1cc(COC(C)C(F)(F)F)ccc1[N+](=O)[O-]. The van der Waals surface area contributed by atoms with Crippen molar-refractivity contribution in [3.8, 4) is 0 Å². The summed E-state index contributed by atoms with van der Waals surface area (Å²) in [4.78, 5) is 10.2. The van der Waals surface area contributed by atoms with Crippen LogP contribution in [0.1, 0.15) is 19.4 Å². The van der Waals surface area contributed by atoms with Crippen LogP contribution in [0.3, 0.4) is 0 Å². The summed E-state index contributed by atoms with van der Waals surface area (Å²) in [5.41, 5.74) is 0.570. The third-order valence-corrected chi connectivity index (χ3v) is 2.59. The number of hydrogen-bond acceptors (Lipinski definition) is 4. The van der Waals surface area contributed by atoms with Crippen molar-refractivity contribution in [3.63, 3.8) is 0 Å². The van der Waals surface area contributed by atoms with Gasteiger partial charge >= 0.3 is 6.18 Å².